The molecular weight excluding hydrogens is 200 g/mol. The number of hydrogen-bond donors (Lipinski definition) is 2. The predicted molar refractivity (Wildman–Crippen MR) is 63.7 cm³/mol. The van der Waals surface area contributed by atoms with Crippen LogP contribution in [-0.4, -0.2) is 11.9 Å². The monoisotopic (exact) mass is 218 g/mol. The Bertz CT molecular complexity index is 357. The summed E-state index contributed by atoms with van der Waals surface area (Å²) >= 11 is 0. The third kappa shape index (κ3) is 2.42. The molecule has 1 fully saturated rings. The summed E-state index contributed by atoms with van der Waals surface area (Å²) in [7, 11) is 0. The Morgan fingerprint density at radius 3 is 2.56 bits per heavy atom. The highest BCUT2D eigenvalue weighted by Gasteiger charge is 2.28. The number of nitrogens with two attached hydrogens (primary N) is 1. The van der Waals surface area contributed by atoms with E-state index in [-0.39, 0.29) is 5.91 Å². The molecular formula is C13H18N2O. The van der Waals surface area contributed by atoms with Gasteiger partial charge >= 0.3 is 0 Å². The molecule has 0 spiro atoms. The predicted octanol–water partition coefficient (Wildman–Crippen LogP) is 1.60. The highest BCUT2D eigenvalue weighted by atomic mass is 16.2. The SMILES string of the molecule is CC1CC(NC(=O)[C@@H](N)c2ccccc2)C1. The fourth-order valence-corrected chi connectivity index (χ4v) is 2.12. The van der Waals surface area contributed by atoms with Crippen molar-refractivity contribution in [2.45, 2.75) is 31.8 Å². The van der Waals surface area contributed by atoms with Gasteiger partial charge in [-0.25, -0.2) is 0 Å². The summed E-state index contributed by atoms with van der Waals surface area (Å²) < 4.78 is 0. The number of carbonyl (C=O) groups excluding carboxylic acids is 1. The molecule has 1 atom stereocenters. The fraction of sp³-hybridized carbons (Fsp3) is 0.462. The molecule has 1 saturated carbocycles. The normalized spacial score (nSPS) is 25.6. The van der Waals surface area contributed by atoms with Gasteiger partial charge in [0.1, 0.15) is 6.04 Å². The molecule has 3 heteroatoms. The van der Waals surface area contributed by atoms with Crippen molar-refractivity contribution in [1.82, 2.24) is 5.32 Å². The molecule has 1 aromatic carbocycles. The smallest absolute Gasteiger partial charge is 0.241 e. The van der Waals surface area contributed by atoms with Crippen molar-refractivity contribution >= 4 is 5.91 Å². The van der Waals surface area contributed by atoms with Crippen LogP contribution in [0.3, 0.4) is 0 Å². The van der Waals surface area contributed by atoms with Gasteiger partial charge in [0, 0.05) is 6.04 Å². The van der Waals surface area contributed by atoms with E-state index in [4.69, 9.17) is 5.73 Å². The highest BCUT2D eigenvalue weighted by molar-refractivity contribution is 5.83. The minimum atomic E-state index is -0.544. The first-order valence-corrected chi connectivity index (χ1v) is 5.77. The minimum absolute atomic E-state index is 0.0666. The molecule has 1 aliphatic carbocycles. The van der Waals surface area contributed by atoms with Crippen LogP contribution < -0.4 is 11.1 Å². The maximum Gasteiger partial charge on any atom is 0.241 e. The highest BCUT2D eigenvalue weighted by Crippen LogP contribution is 2.26. The second-order valence-electron chi connectivity index (χ2n) is 4.67. The van der Waals surface area contributed by atoms with Crippen LogP contribution in [0.15, 0.2) is 30.3 Å². The van der Waals surface area contributed by atoms with Gasteiger partial charge in [0.15, 0.2) is 0 Å². The van der Waals surface area contributed by atoms with E-state index >= 15 is 0 Å². The van der Waals surface area contributed by atoms with Crippen LogP contribution in [0, 0.1) is 5.92 Å². The van der Waals surface area contributed by atoms with Crippen molar-refractivity contribution in [3.05, 3.63) is 35.9 Å². The van der Waals surface area contributed by atoms with E-state index in [1.165, 1.54) is 0 Å². The first-order valence-electron chi connectivity index (χ1n) is 5.77. The Hall–Kier alpha value is -1.35. The molecule has 0 aromatic heterocycles. The van der Waals surface area contributed by atoms with E-state index in [0.29, 0.717) is 6.04 Å². The number of rotatable bonds is 3. The standard InChI is InChI=1S/C13H18N2O/c1-9-7-11(8-9)15-13(16)12(14)10-5-3-2-4-6-10/h2-6,9,11-12H,7-8,14H2,1H3,(H,15,16)/t9?,11?,12-/m0/s1. The van der Waals surface area contributed by atoms with Crippen molar-refractivity contribution in [3.63, 3.8) is 0 Å². The van der Waals surface area contributed by atoms with Gasteiger partial charge < -0.3 is 11.1 Å². The van der Waals surface area contributed by atoms with Gasteiger partial charge in [-0.3, -0.25) is 4.79 Å². The Balaban J connectivity index is 1.90. The first kappa shape index (κ1) is 11.1. The second-order valence-corrected chi connectivity index (χ2v) is 4.67. The number of nitrogens with one attached hydrogen (secondary N) is 1. The number of amides is 1. The van der Waals surface area contributed by atoms with Gasteiger partial charge in [0.25, 0.3) is 0 Å². The summed E-state index contributed by atoms with van der Waals surface area (Å²) in [5, 5.41) is 2.98. The number of hydrogen-bond acceptors (Lipinski definition) is 2. The van der Waals surface area contributed by atoms with Crippen LogP contribution >= 0.6 is 0 Å². The van der Waals surface area contributed by atoms with Crippen LogP contribution in [0.25, 0.3) is 0 Å². The van der Waals surface area contributed by atoms with Crippen molar-refractivity contribution in [3.8, 4) is 0 Å². The fourth-order valence-electron chi connectivity index (χ4n) is 2.12. The maximum atomic E-state index is 11.8. The molecule has 0 heterocycles. The van der Waals surface area contributed by atoms with Gasteiger partial charge in [0.05, 0.1) is 0 Å². The van der Waals surface area contributed by atoms with Gasteiger partial charge in [-0.2, -0.15) is 0 Å². The zero-order valence-electron chi connectivity index (χ0n) is 9.52. The molecule has 0 aliphatic heterocycles. The van der Waals surface area contributed by atoms with Crippen LogP contribution in [0.5, 0.6) is 0 Å². The summed E-state index contributed by atoms with van der Waals surface area (Å²) in [5.41, 5.74) is 6.76. The summed E-state index contributed by atoms with van der Waals surface area (Å²) in [5.74, 6) is 0.668. The lowest BCUT2D eigenvalue weighted by Crippen LogP contribution is -2.46. The van der Waals surface area contributed by atoms with Gasteiger partial charge in [0.2, 0.25) is 5.91 Å². The third-order valence-corrected chi connectivity index (χ3v) is 3.16. The largest absolute Gasteiger partial charge is 0.352 e. The molecule has 3 nitrogen and oxygen atoms in total. The van der Waals surface area contributed by atoms with E-state index in [0.717, 1.165) is 24.3 Å². The molecule has 0 bridgehead atoms. The quantitative estimate of drug-likeness (QED) is 0.809. The average Bonchev–Trinajstić information content (AvgIpc) is 2.27. The lowest BCUT2D eigenvalue weighted by Gasteiger charge is -2.34. The van der Waals surface area contributed by atoms with Crippen molar-refractivity contribution < 1.29 is 4.79 Å². The van der Waals surface area contributed by atoms with E-state index in [1.54, 1.807) is 0 Å². The molecule has 0 radical (unpaired) electrons. The van der Waals surface area contributed by atoms with Crippen molar-refractivity contribution in [2.24, 2.45) is 11.7 Å². The molecule has 1 aliphatic rings. The van der Waals surface area contributed by atoms with Crippen LogP contribution in [0.2, 0.25) is 0 Å². The number of carbonyl (C=O) groups is 1. The average molecular weight is 218 g/mol. The minimum Gasteiger partial charge on any atom is -0.352 e. The topological polar surface area (TPSA) is 55.1 Å². The summed E-state index contributed by atoms with van der Waals surface area (Å²) in [4.78, 5) is 11.8. The summed E-state index contributed by atoms with van der Waals surface area (Å²) in [6.07, 6.45) is 2.15. The zero-order chi connectivity index (χ0) is 11.5. The first-order chi connectivity index (χ1) is 7.66. The zero-order valence-corrected chi connectivity index (χ0v) is 9.52. The third-order valence-electron chi connectivity index (χ3n) is 3.16. The lowest BCUT2D eigenvalue weighted by atomic mass is 9.82. The van der Waals surface area contributed by atoms with Crippen LogP contribution in [0.4, 0.5) is 0 Å². The van der Waals surface area contributed by atoms with Crippen molar-refractivity contribution in [2.75, 3.05) is 0 Å². The Kier molecular flexibility index (Phi) is 3.25. The summed E-state index contributed by atoms with van der Waals surface area (Å²) in [6, 6.07) is 9.26. The molecule has 0 unspecified atom stereocenters. The van der Waals surface area contributed by atoms with E-state index in [9.17, 15) is 4.79 Å². The van der Waals surface area contributed by atoms with E-state index < -0.39 is 6.04 Å². The molecule has 0 saturated heterocycles. The molecule has 3 N–H and O–H groups in total. The Morgan fingerprint density at radius 2 is 2.00 bits per heavy atom. The molecule has 1 amide bonds. The van der Waals surface area contributed by atoms with E-state index in [1.807, 2.05) is 30.3 Å². The maximum absolute atomic E-state index is 11.8. The van der Waals surface area contributed by atoms with Gasteiger partial charge in [-0.1, -0.05) is 37.3 Å². The molecule has 86 valence electrons. The van der Waals surface area contributed by atoms with Gasteiger partial charge in [-0.15, -0.1) is 0 Å². The molecule has 2 rings (SSSR count). The van der Waals surface area contributed by atoms with Crippen molar-refractivity contribution in [1.29, 1.82) is 0 Å². The summed E-state index contributed by atoms with van der Waals surface area (Å²) in [6.45, 7) is 2.19. The van der Waals surface area contributed by atoms with Crippen LogP contribution in [-0.2, 0) is 4.79 Å². The van der Waals surface area contributed by atoms with Gasteiger partial charge in [-0.05, 0) is 24.3 Å². The lowest BCUT2D eigenvalue weighted by molar-refractivity contribution is -0.124. The molecule has 16 heavy (non-hydrogen) atoms. The molecule has 1 aromatic rings. The van der Waals surface area contributed by atoms with Crippen LogP contribution in [0.1, 0.15) is 31.4 Å². The Morgan fingerprint density at radius 1 is 1.38 bits per heavy atom. The number of benzene rings is 1. The Labute approximate surface area is 96.0 Å². The second kappa shape index (κ2) is 4.66. The van der Waals surface area contributed by atoms with E-state index in [2.05, 4.69) is 12.2 Å².